The van der Waals surface area contributed by atoms with Crippen molar-refractivity contribution in [2.45, 2.75) is 50.5 Å². The summed E-state index contributed by atoms with van der Waals surface area (Å²) in [6.45, 7) is 6.98. The van der Waals surface area contributed by atoms with Crippen LogP contribution < -0.4 is 4.90 Å². The molecule has 0 atom stereocenters. The summed E-state index contributed by atoms with van der Waals surface area (Å²) in [4.78, 5) is 23.8. The average molecular weight is 417 g/mol. The maximum absolute atomic E-state index is 12.1. The molecule has 2 fully saturated rings. The van der Waals surface area contributed by atoms with Crippen molar-refractivity contribution < 1.29 is 4.79 Å². The molecule has 0 N–H and O–H groups in total. The highest BCUT2D eigenvalue weighted by Gasteiger charge is 2.43. The van der Waals surface area contributed by atoms with E-state index in [1.54, 1.807) is 6.92 Å². The van der Waals surface area contributed by atoms with E-state index in [0.717, 1.165) is 50.7 Å². The zero-order chi connectivity index (χ0) is 21.3. The van der Waals surface area contributed by atoms with Gasteiger partial charge in [-0.25, -0.2) is 4.99 Å². The maximum atomic E-state index is 12.1. The second-order valence-corrected chi connectivity index (χ2v) is 9.28. The van der Waals surface area contributed by atoms with Gasteiger partial charge in [0.15, 0.2) is 0 Å². The van der Waals surface area contributed by atoms with Crippen molar-refractivity contribution in [3.05, 3.63) is 60.0 Å². The van der Waals surface area contributed by atoms with Gasteiger partial charge in [-0.15, -0.1) is 5.73 Å². The first-order chi connectivity index (χ1) is 15.2. The van der Waals surface area contributed by atoms with Crippen LogP contribution in [0.3, 0.4) is 0 Å². The number of nitrogens with zero attached hydrogens (tertiary/aromatic N) is 4. The Balaban J connectivity index is 1.23. The SMILES string of the molecule is CC(=O)N1CCC2(CCN(C3CCN(C4=NC=CC=C=C4)CC3)CC2)c2ccccc21. The molecule has 0 aromatic heterocycles. The summed E-state index contributed by atoms with van der Waals surface area (Å²) in [5, 5.41) is 0. The third-order valence-corrected chi connectivity index (χ3v) is 7.72. The number of rotatable bonds is 1. The molecule has 1 spiro atoms. The number of likely N-dealkylation sites (tertiary alicyclic amines) is 2. The molecule has 0 bridgehead atoms. The summed E-state index contributed by atoms with van der Waals surface area (Å²) in [7, 11) is 0. The lowest BCUT2D eigenvalue weighted by molar-refractivity contribution is -0.116. The smallest absolute Gasteiger partial charge is 0.223 e. The van der Waals surface area contributed by atoms with E-state index >= 15 is 0 Å². The van der Waals surface area contributed by atoms with Crippen molar-refractivity contribution in [3.8, 4) is 0 Å². The van der Waals surface area contributed by atoms with Gasteiger partial charge >= 0.3 is 0 Å². The number of hydrogen-bond acceptors (Lipinski definition) is 4. The van der Waals surface area contributed by atoms with Gasteiger partial charge in [-0.3, -0.25) is 4.79 Å². The minimum absolute atomic E-state index is 0.158. The third kappa shape index (κ3) is 3.88. The Labute approximate surface area is 185 Å². The number of aliphatic imine (C=N–C) groups is 1. The zero-order valence-electron chi connectivity index (χ0n) is 18.5. The minimum Gasteiger partial charge on any atom is -0.356 e. The van der Waals surface area contributed by atoms with Crippen molar-refractivity contribution in [2.24, 2.45) is 4.99 Å². The van der Waals surface area contributed by atoms with E-state index in [0.29, 0.717) is 6.04 Å². The fourth-order valence-corrected chi connectivity index (χ4v) is 5.91. The maximum Gasteiger partial charge on any atom is 0.223 e. The molecule has 1 amide bonds. The third-order valence-electron chi connectivity index (χ3n) is 7.72. The lowest BCUT2D eigenvalue weighted by atomic mass is 9.67. The average Bonchev–Trinajstić information content (AvgIpc) is 3.10. The van der Waals surface area contributed by atoms with Gasteiger partial charge in [0.2, 0.25) is 5.91 Å². The molecule has 162 valence electrons. The molecule has 5 nitrogen and oxygen atoms in total. The van der Waals surface area contributed by atoms with E-state index in [-0.39, 0.29) is 11.3 Å². The highest BCUT2D eigenvalue weighted by molar-refractivity contribution is 5.94. The van der Waals surface area contributed by atoms with Gasteiger partial charge in [0.05, 0.1) is 0 Å². The number of amides is 1. The van der Waals surface area contributed by atoms with Crippen molar-refractivity contribution >= 4 is 17.4 Å². The van der Waals surface area contributed by atoms with Crippen LogP contribution in [0.15, 0.2) is 59.4 Å². The van der Waals surface area contributed by atoms with Gasteiger partial charge in [-0.2, -0.15) is 0 Å². The van der Waals surface area contributed by atoms with Crippen LogP contribution in [-0.2, 0) is 10.2 Å². The van der Waals surface area contributed by atoms with Crippen LogP contribution in [0.1, 0.15) is 44.6 Å². The standard InChI is InChI=1S/C26H32N4O/c1-21(31)30-20-14-26(23-7-4-5-8-24(23)30)12-18-28(19-13-26)22-10-16-29(17-11-22)25-9-3-2-6-15-27-25/h2,4-9,15,22H,10-14,16-20H2,1H3. The minimum atomic E-state index is 0.158. The number of para-hydroxylation sites is 1. The molecular formula is C26H32N4O. The number of allylic oxidation sites excluding steroid dienone is 1. The molecule has 0 saturated carbocycles. The number of fused-ring (bicyclic) bond motifs is 2. The summed E-state index contributed by atoms with van der Waals surface area (Å²) >= 11 is 0. The van der Waals surface area contributed by atoms with E-state index in [2.05, 4.69) is 44.8 Å². The molecule has 1 aromatic rings. The molecule has 2 saturated heterocycles. The van der Waals surface area contributed by atoms with Crippen LogP contribution in [0.25, 0.3) is 0 Å². The van der Waals surface area contributed by atoms with E-state index in [9.17, 15) is 4.79 Å². The fraction of sp³-hybridized carbons (Fsp3) is 0.500. The van der Waals surface area contributed by atoms with E-state index in [1.165, 1.54) is 31.2 Å². The largest absolute Gasteiger partial charge is 0.356 e. The molecule has 5 heteroatoms. The number of amidine groups is 1. The zero-order valence-corrected chi connectivity index (χ0v) is 18.5. The lowest BCUT2D eigenvalue weighted by Gasteiger charge is -2.50. The van der Waals surface area contributed by atoms with Crippen molar-refractivity contribution in [2.75, 3.05) is 37.6 Å². The summed E-state index contributed by atoms with van der Waals surface area (Å²) in [5.41, 5.74) is 5.95. The first-order valence-corrected chi connectivity index (χ1v) is 11.7. The summed E-state index contributed by atoms with van der Waals surface area (Å²) in [6.07, 6.45) is 13.6. The van der Waals surface area contributed by atoms with Crippen LogP contribution in [0.5, 0.6) is 0 Å². The van der Waals surface area contributed by atoms with Crippen molar-refractivity contribution in [1.29, 1.82) is 0 Å². The number of carbonyl (C=O) groups is 1. The second kappa shape index (κ2) is 8.49. The Bertz CT molecular complexity index is 955. The first kappa shape index (κ1) is 20.3. The topological polar surface area (TPSA) is 39.2 Å². The fourth-order valence-electron chi connectivity index (χ4n) is 5.91. The van der Waals surface area contributed by atoms with Crippen LogP contribution in [-0.4, -0.2) is 60.3 Å². The Kier molecular flexibility index (Phi) is 5.56. The number of carbonyl (C=O) groups excluding carboxylic acids is 1. The molecule has 31 heavy (non-hydrogen) atoms. The van der Waals surface area contributed by atoms with Crippen LogP contribution in [0, 0.1) is 0 Å². The van der Waals surface area contributed by atoms with Crippen molar-refractivity contribution in [3.63, 3.8) is 0 Å². The summed E-state index contributed by atoms with van der Waals surface area (Å²) < 4.78 is 0. The quantitative estimate of drug-likeness (QED) is 0.652. The molecule has 5 rings (SSSR count). The van der Waals surface area contributed by atoms with Crippen LogP contribution in [0.4, 0.5) is 5.69 Å². The normalized spacial score (nSPS) is 23.6. The first-order valence-electron chi connectivity index (χ1n) is 11.7. The number of benzene rings is 1. The van der Waals surface area contributed by atoms with Crippen LogP contribution in [0.2, 0.25) is 0 Å². The molecule has 0 radical (unpaired) electrons. The van der Waals surface area contributed by atoms with Gasteiger partial charge in [0.1, 0.15) is 5.84 Å². The van der Waals surface area contributed by atoms with E-state index in [4.69, 9.17) is 0 Å². The van der Waals surface area contributed by atoms with Gasteiger partial charge in [-0.05, 0) is 69.0 Å². The molecule has 0 aliphatic carbocycles. The van der Waals surface area contributed by atoms with Gasteiger partial charge in [0, 0.05) is 56.0 Å². The van der Waals surface area contributed by atoms with E-state index < -0.39 is 0 Å². The van der Waals surface area contributed by atoms with E-state index in [1.807, 2.05) is 29.3 Å². The van der Waals surface area contributed by atoms with Gasteiger partial charge in [-0.1, -0.05) is 18.2 Å². The summed E-state index contributed by atoms with van der Waals surface area (Å²) in [6, 6.07) is 9.27. The number of piperidine rings is 2. The Hall–Kier alpha value is -2.62. The molecule has 4 aliphatic rings. The number of hydrogen-bond donors (Lipinski definition) is 0. The molecular weight excluding hydrogens is 384 g/mol. The number of anilines is 1. The summed E-state index contributed by atoms with van der Waals surface area (Å²) in [5.74, 6) is 1.19. The van der Waals surface area contributed by atoms with Gasteiger partial charge in [0.25, 0.3) is 0 Å². The predicted octanol–water partition coefficient (Wildman–Crippen LogP) is 3.88. The lowest BCUT2D eigenvalue weighted by Crippen LogP contribution is -2.53. The molecule has 1 aromatic carbocycles. The highest BCUT2D eigenvalue weighted by atomic mass is 16.2. The highest BCUT2D eigenvalue weighted by Crippen LogP contribution is 2.47. The Morgan fingerprint density at radius 2 is 1.81 bits per heavy atom. The van der Waals surface area contributed by atoms with Gasteiger partial charge < -0.3 is 14.7 Å². The second-order valence-electron chi connectivity index (χ2n) is 9.28. The molecule has 0 unspecified atom stereocenters. The predicted molar refractivity (Wildman–Crippen MR) is 125 cm³/mol. The monoisotopic (exact) mass is 416 g/mol. The van der Waals surface area contributed by atoms with Crippen LogP contribution >= 0.6 is 0 Å². The Morgan fingerprint density at radius 3 is 2.58 bits per heavy atom. The molecule has 4 aliphatic heterocycles. The van der Waals surface area contributed by atoms with Crippen molar-refractivity contribution in [1.82, 2.24) is 9.80 Å². The Morgan fingerprint density at radius 1 is 1.06 bits per heavy atom. The molecule has 4 heterocycles.